The number of likely N-dealkylation sites (tertiary alicyclic amines) is 1. The predicted octanol–water partition coefficient (Wildman–Crippen LogP) is 8.33. The first kappa shape index (κ1) is 44.6. The molecular weight excluding hydrogens is 626 g/mol. The Labute approximate surface area is 305 Å². The number of nitrogens with one attached hydrogen (secondary N) is 2. The Morgan fingerprint density at radius 2 is 1.60 bits per heavy atom. The van der Waals surface area contributed by atoms with Gasteiger partial charge in [0.1, 0.15) is 23.1 Å². The number of aromatic nitrogens is 2. The van der Waals surface area contributed by atoms with E-state index in [1.807, 2.05) is 62.3 Å². The molecule has 1 aromatic rings. The third-order valence-corrected chi connectivity index (χ3v) is 8.81. The number of hydrogen-bond donors (Lipinski definition) is 2. The average molecular weight is 698 g/mol. The maximum absolute atomic E-state index is 13.3. The van der Waals surface area contributed by atoms with Crippen molar-refractivity contribution in [3.63, 3.8) is 0 Å². The molecule has 3 atom stereocenters. The molecule has 2 aliphatic rings. The van der Waals surface area contributed by atoms with Gasteiger partial charge in [-0.2, -0.15) is 4.98 Å². The molecule has 10 heteroatoms. The first-order valence-electron chi connectivity index (χ1n) is 19.0. The molecular formula is C40H71N7O3. The number of hydrogen-bond acceptors (Lipinski definition) is 8. The van der Waals surface area contributed by atoms with Crippen LogP contribution in [0.4, 0.5) is 17.5 Å². The Bertz CT molecular complexity index is 1280. The molecule has 3 heterocycles. The number of carbonyl (C=O) groups excluding carboxylic acids is 2. The zero-order valence-electron chi connectivity index (χ0n) is 34.2. The number of amides is 2. The highest BCUT2D eigenvalue weighted by molar-refractivity contribution is 6.04. The van der Waals surface area contributed by atoms with Crippen LogP contribution in [0.2, 0.25) is 0 Å². The van der Waals surface area contributed by atoms with Gasteiger partial charge in [-0.3, -0.25) is 9.59 Å². The highest BCUT2D eigenvalue weighted by atomic mass is 16.5. The van der Waals surface area contributed by atoms with Gasteiger partial charge in [0.2, 0.25) is 11.9 Å². The highest BCUT2D eigenvalue weighted by Gasteiger charge is 2.39. The Balaban J connectivity index is 0.00000301. The van der Waals surface area contributed by atoms with E-state index in [1.165, 1.54) is 0 Å². The van der Waals surface area contributed by atoms with Crippen LogP contribution >= 0.6 is 0 Å². The summed E-state index contributed by atoms with van der Waals surface area (Å²) in [5.74, 6) is 2.60. The number of anilines is 3. The number of carbonyl (C=O) groups is 2. The Hall–Kier alpha value is -3.40. The van der Waals surface area contributed by atoms with Crippen molar-refractivity contribution < 1.29 is 14.3 Å². The largest absolute Gasteiger partial charge is 0.491 e. The second-order valence-electron chi connectivity index (χ2n) is 14.3. The molecule has 2 N–H and O–H groups in total. The Morgan fingerprint density at radius 3 is 2.10 bits per heavy atom. The van der Waals surface area contributed by atoms with Crippen molar-refractivity contribution >= 4 is 29.3 Å². The molecule has 0 saturated carbocycles. The first-order chi connectivity index (χ1) is 23.6. The van der Waals surface area contributed by atoms with E-state index in [9.17, 15) is 9.59 Å². The summed E-state index contributed by atoms with van der Waals surface area (Å²) in [4.78, 5) is 42.4. The van der Waals surface area contributed by atoms with Gasteiger partial charge in [-0.15, -0.1) is 0 Å². The number of fused-ring (bicyclic) bond motifs is 1. The fourth-order valence-corrected chi connectivity index (χ4v) is 6.84. The fourth-order valence-electron chi connectivity index (χ4n) is 6.84. The van der Waals surface area contributed by atoms with Crippen LogP contribution in [0.25, 0.3) is 0 Å². The molecule has 1 fully saturated rings. The maximum Gasteiger partial charge on any atom is 0.250 e. The molecule has 0 aliphatic carbocycles. The second-order valence-corrected chi connectivity index (χ2v) is 14.3. The monoisotopic (exact) mass is 698 g/mol. The van der Waals surface area contributed by atoms with Crippen molar-refractivity contribution in [3.05, 3.63) is 42.0 Å². The summed E-state index contributed by atoms with van der Waals surface area (Å²) in [6.07, 6.45) is 9.55. The van der Waals surface area contributed by atoms with E-state index in [0.29, 0.717) is 46.9 Å². The molecule has 1 saturated heterocycles. The number of likely N-dealkylation sites (N-methyl/N-ethyl adjacent to an activating group) is 1. The Kier molecular flexibility index (Phi) is 18.8. The molecule has 0 radical (unpaired) electrons. The molecule has 0 aromatic carbocycles. The van der Waals surface area contributed by atoms with E-state index < -0.39 is 5.60 Å². The predicted molar refractivity (Wildman–Crippen MR) is 211 cm³/mol. The van der Waals surface area contributed by atoms with Crippen LogP contribution in [-0.4, -0.2) is 77.6 Å². The standard InChI is InChI=1S/C36H59N7O3.2C2H6/c1-13-28(14-2)43-30(15-3)34(45)42(12)31-20-37-35(40-32(31)43)39-29(26(7)46-36(8,9)10)17-16-25(6)33(44)38-27-18-23(4)21-41(11)22-24(5)19-27;2*1-2/h16-17,20,23-24,27-28,30H,6,13-15,18-19,21-22H2,1-5,7-12H3,(H,38,44)(H,37,39,40);2*1-2H3/b17-16-,29-26-;;. The van der Waals surface area contributed by atoms with Crippen LogP contribution in [0.1, 0.15) is 122 Å². The van der Waals surface area contributed by atoms with E-state index in [2.05, 4.69) is 66.7 Å². The lowest BCUT2D eigenvalue weighted by molar-refractivity contribution is -0.120. The zero-order chi connectivity index (χ0) is 38.3. The van der Waals surface area contributed by atoms with E-state index in [-0.39, 0.29) is 29.9 Å². The normalized spacial score (nSPS) is 21.9. The minimum Gasteiger partial charge on any atom is -0.491 e. The van der Waals surface area contributed by atoms with E-state index >= 15 is 0 Å². The van der Waals surface area contributed by atoms with Crippen LogP contribution in [0, 0.1) is 11.8 Å². The van der Waals surface area contributed by atoms with Gasteiger partial charge in [0, 0.05) is 37.8 Å². The van der Waals surface area contributed by atoms with Crippen molar-refractivity contribution in [1.29, 1.82) is 0 Å². The van der Waals surface area contributed by atoms with Gasteiger partial charge in [-0.1, -0.05) is 68.9 Å². The van der Waals surface area contributed by atoms with E-state index in [4.69, 9.17) is 9.72 Å². The lowest BCUT2D eigenvalue weighted by atomic mass is 9.90. The van der Waals surface area contributed by atoms with E-state index in [0.717, 1.165) is 44.6 Å². The maximum atomic E-state index is 13.3. The van der Waals surface area contributed by atoms with Crippen LogP contribution < -0.4 is 20.4 Å². The molecule has 0 bridgehead atoms. The minimum absolute atomic E-state index is 0.0524. The molecule has 50 heavy (non-hydrogen) atoms. The quantitative estimate of drug-likeness (QED) is 0.135. The van der Waals surface area contributed by atoms with Gasteiger partial charge in [-0.25, -0.2) is 4.98 Å². The van der Waals surface area contributed by atoms with Gasteiger partial charge in [0.05, 0.1) is 11.9 Å². The van der Waals surface area contributed by atoms with Crippen LogP contribution in [0.15, 0.2) is 42.0 Å². The summed E-state index contributed by atoms with van der Waals surface area (Å²) in [6, 6.07) is -0.0246. The molecule has 2 amide bonds. The summed E-state index contributed by atoms with van der Waals surface area (Å²) in [5, 5.41) is 6.59. The van der Waals surface area contributed by atoms with Gasteiger partial charge in [-0.05, 0) is 90.8 Å². The third-order valence-electron chi connectivity index (χ3n) is 8.81. The minimum atomic E-state index is -0.445. The van der Waals surface area contributed by atoms with Gasteiger partial charge >= 0.3 is 0 Å². The fraction of sp³-hybridized carbons (Fsp3) is 0.700. The zero-order valence-corrected chi connectivity index (χ0v) is 34.2. The number of ether oxygens (including phenoxy) is 1. The van der Waals surface area contributed by atoms with Crippen molar-refractivity contribution in [1.82, 2.24) is 20.2 Å². The molecule has 2 aliphatic heterocycles. The summed E-state index contributed by atoms with van der Waals surface area (Å²) in [5.41, 5.74) is 1.21. The number of rotatable bonds is 11. The molecule has 3 rings (SSSR count). The van der Waals surface area contributed by atoms with Crippen LogP contribution in [0.3, 0.4) is 0 Å². The van der Waals surface area contributed by atoms with Gasteiger partial charge in [0.15, 0.2) is 5.82 Å². The highest BCUT2D eigenvalue weighted by Crippen LogP contribution is 2.37. The van der Waals surface area contributed by atoms with Gasteiger partial charge < -0.3 is 30.1 Å². The first-order valence-corrected chi connectivity index (χ1v) is 19.0. The molecule has 3 unspecified atom stereocenters. The molecule has 0 spiro atoms. The van der Waals surface area contributed by atoms with Crippen LogP contribution in [0.5, 0.6) is 0 Å². The second kappa shape index (κ2) is 21.1. The van der Waals surface area contributed by atoms with E-state index in [1.54, 1.807) is 30.3 Å². The number of nitrogens with zero attached hydrogens (tertiary/aromatic N) is 5. The van der Waals surface area contributed by atoms with Crippen molar-refractivity contribution in [2.24, 2.45) is 11.8 Å². The summed E-state index contributed by atoms with van der Waals surface area (Å²) < 4.78 is 6.23. The topological polar surface area (TPSA) is 103 Å². The van der Waals surface area contributed by atoms with Crippen molar-refractivity contribution in [2.75, 3.05) is 42.3 Å². The third kappa shape index (κ3) is 12.7. The van der Waals surface area contributed by atoms with Crippen molar-refractivity contribution in [2.45, 2.75) is 146 Å². The lowest BCUT2D eigenvalue weighted by Gasteiger charge is -2.44. The SMILES string of the molecule is C=C(/C=C\C(Nc1ncc2c(n1)N(C(CC)CC)C(CC)C(=O)N2C)=C(/C)OC(C)(C)C)C(=O)NC1CC(C)CN(C)CC(C)C1.CC.CC. The smallest absolute Gasteiger partial charge is 0.250 e. The van der Waals surface area contributed by atoms with Crippen LogP contribution in [-0.2, 0) is 14.3 Å². The molecule has 10 nitrogen and oxygen atoms in total. The summed E-state index contributed by atoms with van der Waals surface area (Å²) in [7, 11) is 3.95. The summed E-state index contributed by atoms with van der Waals surface area (Å²) in [6.45, 7) is 32.8. The van der Waals surface area contributed by atoms with Gasteiger partial charge in [0.25, 0.3) is 5.91 Å². The molecule has 1 aromatic heterocycles. The number of allylic oxidation sites excluding steroid dienone is 2. The lowest BCUT2D eigenvalue weighted by Crippen LogP contribution is -2.56. The average Bonchev–Trinajstić information content (AvgIpc) is 3.05. The molecule has 284 valence electrons. The Morgan fingerprint density at radius 1 is 1.04 bits per heavy atom. The summed E-state index contributed by atoms with van der Waals surface area (Å²) >= 11 is 0. The van der Waals surface area contributed by atoms with Crippen molar-refractivity contribution in [3.8, 4) is 0 Å².